The highest BCUT2D eigenvalue weighted by Crippen LogP contribution is 2.43. The zero-order valence-corrected chi connectivity index (χ0v) is 12.3. The number of ketones is 1. The van der Waals surface area contributed by atoms with Crippen molar-refractivity contribution >= 4 is 5.78 Å². The number of hydrogen-bond acceptors (Lipinski definition) is 3. The SMILES string of the molecule is COc1ccc(Cn2nc(C(F)(F)F)c3c2[C@@H](F)[C@@H](F)C3=O)cc1. The summed E-state index contributed by atoms with van der Waals surface area (Å²) in [7, 11) is 1.45. The Morgan fingerprint density at radius 2 is 1.79 bits per heavy atom. The second-order valence-corrected chi connectivity index (χ2v) is 5.28. The first-order chi connectivity index (χ1) is 11.2. The van der Waals surface area contributed by atoms with Gasteiger partial charge in [0.2, 0.25) is 5.78 Å². The third-order valence-electron chi connectivity index (χ3n) is 3.77. The van der Waals surface area contributed by atoms with Crippen LogP contribution in [0.4, 0.5) is 22.0 Å². The first-order valence-electron chi connectivity index (χ1n) is 6.87. The van der Waals surface area contributed by atoms with Crippen molar-refractivity contribution in [3.63, 3.8) is 0 Å². The Hall–Kier alpha value is -2.45. The maximum atomic E-state index is 14.0. The summed E-state index contributed by atoms with van der Waals surface area (Å²) >= 11 is 0. The van der Waals surface area contributed by atoms with E-state index in [-0.39, 0.29) is 6.54 Å². The average molecular weight is 346 g/mol. The van der Waals surface area contributed by atoms with Crippen molar-refractivity contribution < 1.29 is 31.5 Å². The van der Waals surface area contributed by atoms with Crippen LogP contribution in [0.2, 0.25) is 0 Å². The number of Topliss-reactive ketones (excluding diaryl/α,β-unsaturated/α-hetero) is 1. The van der Waals surface area contributed by atoms with E-state index in [2.05, 4.69) is 5.10 Å². The van der Waals surface area contributed by atoms with E-state index in [9.17, 15) is 26.7 Å². The molecule has 0 fully saturated rings. The lowest BCUT2D eigenvalue weighted by atomic mass is 10.1. The Morgan fingerprint density at radius 3 is 2.33 bits per heavy atom. The first-order valence-corrected chi connectivity index (χ1v) is 6.87. The van der Waals surface area contributed by atoms with Crippen LogP contribution in [0.15, 0.2) is 24.3 Å². The van der Waals surface area contributed by atoms with Crippen LogP contribution in [0.5, 0.6) is 5.75 Å². The highest BCUT2D eigenvalue weighted by Gasteiger charge is 2.51. The van der Waals surface area contributed by atoms with Gasteiger partial charge in [0.1, 0.15) is 5.75 Å². The van der Waals surface area contributed by atoms with Crippen LogP contribution in [0.3, 0.4) is 0 Å². The van der Waals surface area contributed by atoms with Gasteiger partial charge in [-0.2, -0.15) is 18.3 Å². The van der Waals surface area contributed by atoms with E-state index in [4.69, 9.17) is 4.74 Å². The third-order valence-corrected chi connectivity index (χ3v) is 3.77. The summed E-state index contributed by atoms with van der Waals surface area (Å²) in [6.45, 7) is -0.233. The molecule has 0 radical (unpaired) electrons. The highest BCUT2D eigenvalue weighted by atomic mass is 19.4. The number of fused-ring (bicyclic) bond motifs is 1. The number of methoxy groups -OCH3 is 1. The molecule has 128 valence electrons. The Bertz CT molecular complexity index is 782. The molecule has 0 aliphatic heterocycles. The van der Waals surface area contributed by atoms with Crippen molar-refractivity contribution in [3.8, 4) is 5.75 Å². The molecule has 2 atom stereocenters. The first kappa shape index (κ1) is 16.4. The molecule has 1 aromatic carbocycles. The molecule has 1 aliphatic rings. The molecule has 0 amide bonds. The van der Waals surface area contributed by atoms with Crippen molar-refractivity contribution in [2.75, 3.05) is 7.11 Å². The van der Waals surface area contributed by atoms with Gasteiger partial charge >= 0.3 is 6.18 Å². The summed E-state index contributed by atoms with van der Waals surface area (Å²) in [5, 5.41) is 3.31. The third kappa shape index (κ3) is 2.53. The monoisotopic (exact) mass is 346 g/mol. The van der Waals surface area contributed by atoms with Crippen LogP contribution in [0, 0.1) is 0 Å². The fourth-order valence-electron chi connectivity index (χ4n) is 2.63. The van der Waals surface area contributed by atoms with Gasteiger partial charge in [-0.1, -0.05) is 12.1 Å². The van der Waals surface area contributed by atoms with Gasteiger partial charge in [0.05, 0.1) is 24.9 Å². The van der Waals surface area contributed by atoms with Crippen LogP contribution >= 0.6 is 0 Å². The Kier molecular flexibility index (Phi) is 3.81. The lowest BCUT2D eigenvalue weighted by molar-refractivity contribution is -0.141. The molecule has 2 aromatic rings. The molecule has 1 heterocycles. The fraction of sp³-hybridized carbons (Fsp3) is 0.333. The number of hydrogen-bond donors (Lipinski definition) is 0. The smallest absolute Gasteiger partial charge is 0.435 e. The Balaban J connectivity index is 2.06. The highest BCUT2D eigenvalue weighted by molar-refractivity contribution is 6.05. The number of rotatable bonds is 3. The number of alkyl halides is 5. The molecule has 1 aromatic heterocycles. The van der Waals surface area contributed by atoms with E-state index in [1.165, 1.54) is 7.11 Å². The Labute approximate surface area is 132 Å². The van der Waals surface area contributed by atoms with Crippen molar-refractivity contribution in [3.05, 3.63) is 46.8 Å². The molecule has 0 saturated carbocycles. The molecule has 4 nitrogen and oxygen atoms in total. The minimum Gasteiger partial charge on any atom is -0.497 e. The number of nitrogens with zero attached hydrogens (tertiary/aromatic N) is 2. The fourth-order valence-corrected chi connectivity index (χ4v) is 2.63. The molecule has 9 heteroatoms. The number of ether oxygens (including phenoxy) is 1. The molecule has 0 saturated heterocycles. The van der Waals surface area contributed by atoms with E-state index < -0.39 is 41.3 Å². The van der Waals surface area contributed by atoms with Gasteiger partial charge in [-0.15, -0.1) is 0 Å². The summed E-state index contributed by atoms with van der Waals surface area (Å²) in [6, 6.07) is 6.24. The summed E-state index contributed by atoms with van der Waals surface area (Å²) in [5.41, 5.74) is -2.75. The summed E-state index contributed by atoms with van der Waals surface area (Å²) in [5.74, 6) is -0.992. The largest absolute Gasteiger partial charge is 0.497 e. The maximum absolute atomic E-state index is 14.0. The average Bonchev–Trinajstić information content (AvgIpc) is 3.01. The van der Waals surface area contributed by atoms with Crippen molar-refractivity contribution in [1.82, 2.24) is 9.78 Å². The molecule has 0 spiro atoms. The summed E-state index contributed by atoms with van der Waals surface area (Å²) in [6.07, 6.45) is -10.1. The topological polar surface area (TPSA) is 44.1 Å². The van der Waals surface area contributed by atoms with Gasteiger partial charge in [-0.25, -0.2) is 8.78 Å². The van der Waals surface area contributed by atoms with Crippen molar-refractivity contribution in [2.24, 2.45) is 0 Å². The minimum absolute atomic E-state index is 0.233. The van der Waals surface area contributed by atoms with E-state index in [1.54, 1.807) is 24.3 Å². The van der Waals surface area contributed by atoms with E-state index in [0.29, 0.717) is 16.0 Å². The van der Waals surface area contributed by atoms with Gasteiger partial charge in [0.15, 0.2) is 18.0 Å². The molecule has 0 unspecified atom stereocenters. The molecule has 3 rings (SSSR count). The van der Waals surface area contributed by atoms with Gasteiger partial charge in [-0.05, 0) is 17.7 Å². The molecule has 0 bridgehead atoms. The number of carbonyl (C=O) groups is 1. The predicted octanol–water partition coefficient (Wildman–Crippen LogP) is 3.50. The predicted molar refractivity (Wildman–Crippen MR) is 72.4 cm³/mol. The van der Waals surface area contributed by atoms with Gasteiger partial charge in [-0.3, -0.25) is 9.48 Å². The summed E-state index contributed by atoms with van der Waals surface area (Å²) in [4.78, 5) is 11.6. The number of benzene rings is 1. The number of carbonyl (C=O) groups excluding carboxylic acids is 1. The molecular weight excluding hydrogens is 335 g/mol. The quantitative estimate of drug-likeness (QED) is 0.799. The normalized spacial score (nSPS) is 20.3. The van der Waals surface area contributed by atoms with E-state index in [0.717, 1.165) is 0 Å². The second kappa shape index (κ2) is 5.57. The van der Waals surface area contributed by atoms with Gasteiger partial charge in [0.25, 0.3) is 0 Å². The van der Waals surface area contributed by atoms with Crippen LogP contribution in [-0.4, -0.2) is 28.8 Å². The Morgan fingerprint density at radius 1 is 1.17 bits per heavy atom. The molecule has 1 aliphatic carbocycles. The van der Waals surface area contributed by atoms with Crippen LogP contribution in [-0.2, 0) is 12.7 Å². The van der Waals surface area contributed by atoms with Crippen LogP contribution < -0.4 is 4.74 Å². The lowest BCUT2D eigenvalue weighted by Gasteiger charge is -2.10. The zero-order chi connectivity index (χ0) is 17.6. The zero-order valence-electron chi connectivity index (χ0n) is 12.3. The second-order valence-electron chi connectivity index (χ2n) is 5.28. The van der Waals surface area contributed by atoms with Crippen LogP contribution in [0.25, 0.3) is 0 Å². The van der Waals surface area contributed by atoms with Gasteiger partial charge < -0.3 is 4.74 Å². The molecule has 24 heavy (non-hydrogen) atoms. The number of aromatic nitrogens is 2. The lowest BCUT2D eigenvalue weighted by Crippen LogP contribution is -2.19. The maximum Gasteiger partial charge on any atom is 0.435 e. The van der Waals surface area contributed by atoms with Gasteiger partial charge in [0, 0.05) is 0 Å². The van der Waals surface area contributed by atoms with E-state index >= 15 is 0 Å². The number of halogens is 5. The minimum atomic E-state index is -4.98. The standard InChI is InChI=1S/C15H11F5N2O2/c1-24-8-4-2-7(3-5-8)6-22-12-9(13(23)11(17)10(12)16)14(21-22)15(18,19)20/h2-5,10-11H,6H2,1H3/t10-,11+/m0/s1. The molecular formula is C15H11F5N2O2. The summed E-state index contributed by atoms with van der Waals surface area (Å²) < 4.78 is 72.3. The van der Waals surface area contributed by atoms with Crippen molar-refractivity contribution in [1.29, 1.82) is 0 Å². The van der Waals surface area contributed by atoms with E-state index in [1.807, 2.05) is 0 Å². The van der Waals surface area contributed by atoms with Crippen LogP contribution in [0.1, 0.15) is 33.5 Å². The van der Waals surface area contributed by atoms with Crippen molar-refractivity contribution in [2.45, 2.75) is 25.1 Å². The molecule has 0 N–H and O–H groups in total.